The summed E-state index contributed by atoms with van der Waals surface area (Å²) in [4.78, 5) is 29.9. The van der Waals surface area contributed by atoms with Gasteiger partial charge in [0.2, 0.25) is 0 Å². The van der Waals surface area contributed by atoms with E-state index in [9.17, 15) is 9.59 Å². The molecule has 7 heteroatoms. The number of carbonyl (C=O) groups excluding carboxylic acids is 2. The topological polar surface area (TPSA) is 80.3 Å². The maximum Gasteiger partial charge on any atom is 0.408 e. The van der Waals surface area contributed by atoms with E-state index in [2.05, 4.69) is 15.6 Å². The van der Waals surface area contributed by atoms with E-state index < -0.39 is 11.7 Å². The van der Waals surface area contributed by atoms with E-state index in [1.54, 1.807) is 36.3 Å². The highest BCUT2D eigenvalue weighted by Crippen LogP contribution is 2.38. The lowest BCUT2D eigenvalue weighted by Crippen LogP contribution is -2.36. The summed E-state index contributed by atoms with van der Waals surface area (Å²) in [6.07, 6.45) is 3.67. The lowest BCUT2D eigenvalue weighted by atomic mass is 9.97. The van der Waals surface area contributed by atoms with Crippen molar-refractivity contribution in [3.8, 4) is 0 Å². The Morgan fingerprint density at radius 1 is 1.21 bits per heavy atom. The Morgan fingerprint density at radius 3 is 2.61 bits per heavy atom. The van der Waals surface area contributed by atoms with Crippen LogP contribution in [-0.2, 0) is 4.74 Å². The zero-order valence-corrected chi connectivity index (χ0v) is 17.4. The zero-order chi connectivity index (χ0) is 20.3. The molecule has 0 saturated heterocycles. The quantitative estimate of drug-likeness (QED) is 0.782. The van der Waals surface area contributed by atoms with Crippen LogP contribution in [-0.4, -0.2) is 28.3 Å². The number of carbonyl (C=O) groups is 2. The number of fused-ring (bicyclic) bond motifs is 1. The number of rotatable bonds is 3. The van der Waals surface area contributed by atoms with Gasteiger partial charge in [-0.2, -0.15) is 0 Å². The molecule has 2 N–H and O–H groups in total. The summed E-state index contributed by atoms with van der Waals surface area (Å²) < 4.78 is 5.39. The number of thioether (sulfide) groups is 1. The molecule has 0 bridgehead atoms. The van der Waals surface area contributed by atoms with Crippen molar-refractivity contribution in [2.75, 3.05) is 11.1 Å². The lowest BCUT2D eigenvalue weighted by molar-refractivity contribution is 0.0501. The molecule has 1 atom stereocenters. The van der Waals surface area contributed by atoms with Crippen LogP contribution in [0.25, 0.3) is 0 Å². The molecule has 2 aromatic rings. The third-order valence-corrected chi connectivity index (χ3v) is 5.37. The second-order valence-electron chi connectivity index (χ2n) is 7.73. The fourth-order valence-corrected chi connectivity index (χ4v) is 4.17. The summed E-state index contributed by atoms with van der Waals surface area (Å²) in [5.41, 5.74) is 2.68. The van der Waals surface area contributed by atoms with Gasteiger partial charge >= 0.3 is 6.09 Å². The fraction of sp³-hybridized carbons (Fsp3) is 0.381. The van der Waals surface area contributed by atoms with Crippen LogP contribution in [0.2, 0.25) is 0 Å². The van der Waals surface area contributed by atoms with Crippen molar-refractivity contribution in [2.45, 2.75) is 50.7 Å². The Morgan fingerprint density at radius 2 is 1.93 bits per heavy atom. The second-order valence-corrected chi connectivity index (χ2v) is 8.87. The molecule has 28 heavy (non-hydrogen) atoms. The predicted molar refractivity (Wildman–Crippen MR) is 111 cm³/mol. The Bertz CT molecular complexity index is 878. The average molecular weight is 400 g/mol. The highest BCUT2D eigenvalue weighted by atomic mass is 32.2. The smallest absolute Gasteiger partial charge is 0.408 e. The van der Waals surface area contributed by atoms with Gasteiger partial charge in [-0.3, -0.25) is 9.78 Å². The summed E-state index contributed by atoms with van der Waals surface area (Å²) in [5.74, 6) is 0.705. The van der Waals surface area contributed by atoms with Gasteiger partial charge in [0, 0.05) is 34.3 Å². The standard InChI is InChI=1S/C21H25N3O3S/c1-13-11-16-17(24-20(26)27-21(2,3)4)7-10-28-18(16)12-15(13)19(25)23-14-5-8-22-9-6-14/h5-6,8-9,11-12,17H,7,10H2,1-4H3,(H,24,26)(H,22,23,25). The number of anilines is 1. The zero-order valence-electron chi connectivity index (χ0n) is 16.5. The second kappa shape index (κ2) is 8.22. The maximum atomic E-state index is 12.7. The number of aromatic nitrogens is 1. The molecule has 0 fully saturated rings. The summed E-state index contributed by atoms with van der Waals surface area (Å²) in [6, 6.07) is 7.28. The number of amides is 2. The third kappa shape index (κ3) is 5.04. The fourth-order valence-electron chi connectivity index (χ4n) is 3.03. The van der Waals surface area contributed by atoms with Crippen molar-refractivity contribution < 1.29 is 14.3 Å². The third-order valence-electron chi connectivity index (χ3n) is 4.27. The monoisotopic (exact) mass is 399 g/mol. The SMILES string of the molecule is Cc1cc2c(cc1C(=O)Nc1ccncc1)SCCC2NC(=O)OC(C)(C)C. The molecule has 0 radical (unpaired) electrons. The summed E-state index contributed by atoms with van der Waals surface area (Å²) >= 11 is 1.70. The van der Waals surface area contributed by atoms with Crippen LogP contribution < -0.4 is 10.6 Å². The van der Waals surface area contributed by atoms with Crippen LogP contribution in [0.3, 0.4) is 0 Å². The van der Waals surface area contributed by atoms with Crippen molar-refractivity contribution in [3.05, 3.63) is 53.3 Å². The minimum absolute atomic E-state index is 0.123. The minimum atomic E-state index is -0.541. The number of pyridine rings is 1. The molecule has 1 aromatic heterocycles. The molecule has 3 rings (SSSR count). The highest BCUT2D eigenvalue weighted by molar-refractivity contribution is 7.99. The van der Waals surface area contributed by atoms with E-state index in [4.69, 9.17) is 4.74 Å². The van der Waals surface area contributed by atoms with Crippen molar-refractivity contribution in [1.29, 1.82) is 0 Å². The number of nitrogens with one attached hydrogen (secondary N) is 2. The molecule has 0 spiro atoms. The predicted octanol–water partition coefficient (Wildman–Crippen LogP) is 4.70. The largest absolute Gasteiger partial charge is 0.444 e. The number of alkyl carbamates (subject to hydrolysis) is 1. The Hall–Kier alpha value is -2.54. The molecule has 2 amide bonds. The van der Waals surface area contributed by atoms with Gasteiger partial charge in [-0.15, -0.1) is 11.8 Å². The summed E-state index contributed by atoms with van der Waals surface area (Å²) in [7, 11) is 0. The van der Waals surface area contributed by atoms with Crippen LogP contribution in [0.1, 0.15) is 54.7 Å². The van der Waals surface area contributed by atoms with Crippen LogP contribution in [0.4, 0.5) is 10.5 Å². The van der Waals surface area contributed by atoms with Crippen LogP contribution in [0, 0.1) is 6.92 Å². The average Bonchev–Trinajstić information content (AvgIpc) is 2.61. The molecule has 0 aliphatic carbocycles. The summed E-state index contributed by atoms with van der Waals surface area (Å²) in [6.45, 7) is 7.44. The number of benzene rings is 1. The van der Waals surface area contributed by atoms with E-state index in [1.165, 1.54) is 0 Å². The van der Waals surface area contributed by atoms with E-state index >= 15 is 0 Å². The Labute approximate surface area is 169 Å². The summed E-state index contributed by atoms with van der Waals surface area (Å²) in [5, 5.41) is 5.86. The molecule has 1 aliphatic heterocycles. The Kier molecular flexibility index (Phi) is 5.93. The van der Waals surface area contributed by atoms with Gasteiger partial charge in [0.05, 0.1) is 6.04 Å². The van der Waals surface area contributed by atoms with Gasteiger partial charge in [-0.05, 0) is 63.4 Å². The van der Waals surface area contributed by atoms with Gasteiger partial charge in [0.15, 0.2) is 0 Å². The van der Waals surface area contributed by atoms with E-state index in [-0.39, 0.29) is 11.9 Å². The van der Waals surface area contributed by atoms with Gasteiger partial charge in [0.25, 0.3) is 5.91 Å². The molecular formula is C21H25N3O3S. The maximum absolute atomic E-state index is 12.7. The molecule has 1 aliphatic rings. The molecule has 148 valence electrons. The molecule has 1 aromatic carbocycles. The normalized spacial score (nSPS) is 16.1. The lowest BCUT2D eigenvalue weighted by Gasteiger charge is -2.28. The van der Waals surface area contributed by atoms with Crippen LogP contribution >= 0.6 is 11.8 Å². The van der Waals surface area contributed by atoms with E-state index in [1.807, 2.05) is 39.8 Å². The van der Waals surface area contributed by atoms with Crippen molar-refractivity contribution >= 4 is 29.4 Å². The molecular weight excluding hydrogens is 374 g/mol. The van der Waals surface area contributed by atoms with E-state index in [0.29, 0.717) is 11.3 Å². The first-order chi connectivity index (χ1) is 13.2. The van der Waals surface area contributed by atoms with Gasteiger partial charge in [-0.1, -0.05) is 6.07 Å². The van der Waals surface area contributed by atoms with Gasteiger partial charge < -0.3 is 15.4 Å². The highest BCUT2D eigenvalue weighted by Gasteiger charge is 2.26. The number of ether oxygens (including phenoxy) is 1. The first-order valence-electron chi connectivity index (χ1n) is 9.21. The molecule has 6 nitrogen and oxygen atoms in total. The Balaban J connectivity index is 1.80. The van der Waals surface area contributed by atoms with Crippen molar-refractivity contribution in [3.63, 3.8) is 0 Å². The van der Waals surface area contributed by atoms with E-state index in [0.717, 1.165) is 28.2 Å². The number of aryl methyl sites for hydroxylation is 1. The van der Waals surface area contributed by atoms with Crippen molar-refractivity contribution in [2.24, 2.45) is 0 Å². The molecule has 2 heterocycles. The number of nitrogens with zero attached hydrogens (tertiary/aromatic N) is 1. The molecule has 0 saturated carbocycles. The number of hydrogen-bond donors (Lipinski definition) is 2. The van der Waals surface area contributed by atoms with Crippen LogP contribution in [0.15, 0.2) is 41.6 Å². The minimum Gasteiger partial charge on any atom is -0.444 e. The number of hydrogen-bond acceptors (Lipinski definition) is 5. The van der Waals surface area contributed by atoms with Gasteiger partial charge in [-0.25, -0.2) is 4.79 Å². The first kappa shape index (κ1) is 20.2. The molecule has 1 unspecified atom stereocenters. The van der Waals surface area contributed by atoms with Gasteiger partial charge in [0.1, 0.15) is 5.60 Å². The first-order valence-corrected chi connectivity index (χ1v) is 10.2. The van der Waals surface area contributed by atoms with Crippen LogP contribution in [0.5, 0.6) is 0 Å². The van der Waals surface area contributed by atoms with Crippen molar-refractivity contribution in [1.82, 2.24) is 10.3 Å².